The van der Waals surface area contributed by atoms with E-state index in [1.165, 1.54) is 11.3 Å². The Morgan fingerprint density at radius 3 is 2.59 bits per heavy atom. The molecular weight excluding hydrogens is 345 g/mol. The van der Waals surface area contributed by atoms with Gasteiger partial charge in [-0.15, -0.1) is 11.3 Å². The van der Waals surface area contributed by atoms with Gasteiger partial charge < -0.3 is 5.32 Å². The van der Waals surface area contributed by atoms with Crippen LogP contribution in [0.4, 0.5) is 5.69 Å². The van der Waals surface area contributed by atoms with Crippen molar-refractivity contribution in [3.05, 3.63) is 49.0 Å². The summed E-state index contributed by atoms with van der Waals surface area (Å²) in [7, 11) is 0. The highest BCUT2D eigenvalue weighted by Gasteiger charge is 2.12. The molecule has 0 spiro atoms. The lowest BCUT2D eigenvalue weighted by atomic mass is 10.3. The minimum atomic E-state index is -0.233. The highest BCUT2D eigenvalue weighted by Crippen LogP contribution is 2.27. The van der Waals surface area contributed by atoms with Crippen molar-refractivity contribution in [1.29, 1.82) is 0 Å². The maximum Gasteiger partial charge on any atom is 0.267 e. The van der Waals surface area contributed by atoms with Crippen molar-refractivity contribution in [3.63, 3.8) is 0 Å². The number of benzene rings is 1. The standard InChI is InChI=1S/C11H6BrCl2NOS/c12-7-2-1-6(5-9(7)14)15-11(16)10-8(13)3-4-17-10/h1-5H,(H,15,16). The molecule has 0 saturated heterocycles. The molecule has 1 amide bonds. The second kappa shape index (κ2) is 5.40. The predicted octanol–water partition coefficient (Wildman–Crippen LogP) is 5.07. The summed E-state index contributed by atoms with van der Waals surface area (Å²) < 4.78 is 0.784. The van der Waals surface area contributed by atoms with E-state index in [4.69, 9.17) is 23.2 Å². The van der Waals surface area contributed by atoms with E-state index >= 15 is 0 Å². The van der Waals surface area contributed by atoms with Crippen LogP contribution in [0.5, 0.6) is 0 Å². The fraction of sp³-hybridized carbons (Fsp3) is 0. The van der Waals surface area contributed by atoms with Gasteiger partial charge in [-0.05, 0) is 45.6 Å². The molecule has 88 valence electrons. The molecule has 0 radical (unpaired) electrons. The Morgan fingerprint density at radius 2 is 2.00 bits per heavy atom. The van der Waals surface area contributed by atoms with E-state index in [0.717, 1.165) is 4.47 Å². The summed E-state index contributed by atoms with van der Waals surface area (Å²) in [4.78, 5) is 12.3. The number of rotatable bonds is 2. The zero-order valence-electron chi connectivity index (χ0n) is 8.34. The van der Waals surface area contributed by atoms with Gasteiger partial charge in [0.25, 0.3) is 5.91 Å². The van der Waals surface area contributed by atoms with Crippen LogP contribution in [0.2, 0.25) is 10.0 Å². The zero-order valence-corrected chi connectivity index (χ0v) is 12.3. The van der Waals surface area contributed by atoms with Crippen LogP contribution in [0.1, 0.15) is 9.67 Å². The van der Waals surface area contributed by atoms with Gasteiger partial charge in [-0.2, -0.15) is 0 Å². The van der Waals surface area contributed by atoms with Crippen molar-refractivity contribution in [2.45, 2.75) is 0 Å². The number of hydrogen-bond acceptors (Lipinski definition) is 2. The summed E-state index contributed by atoms with van der Waals surface area (Å²) in [6.45, 7) is 0. The van der Waals surface area contributed by atoms with Crippen molar-refractivity contribution in [2.75, 3.05) is 5.32 Å². The summed E-state index contributed by atoms with van der Waals surface area (Å²) >= 11 is 16.4. The summed E-state index contributed by atoms with van der Waals surface area (Å²) in [6, 6.07) is 6.89. The smallest absolute Gasteiger partial charge is 0.267 e. The van der Waals surface area contributed by atoms with Crippen LogP contribution in [-0.4, -0.2) is 5.91 Å². The Bertz CT molecular complexity index is 570. The SMILES string of the molecule is O=C(Nc1ccc(Br)c(Cl)c1)c1sccc1Cl. The highest BCUT2D eigenvalue weighted by atomic mass is 79.9. The monoisotopic (exact) mass is 349 g/mol. The topological polar surface area (TPSA) is 29.1 Å². The third kappa shape index (κ3) is 3.01. The second-order valence-corrected chi connectivity index (χ2v) is 5.77. The first-order valence-corrected chi connectivity index (χ1v) is 7.00. The average Bonchev–Trinajstić information content (AvgIpc) is 2.70. The molecule has 0 aliphatic heterocycles. The van der Waals surface area contributed by atoms with Gasteiger partial charge >= 0.3 is 0 Å². The molecule has 0 unspecified atom stereocenters. The van der Waals surface area contributed by atoms with E-state index in [1.807, 2.05) is 0 Å². The van der Waals surface area contributed by atoms with Gasteiger partial charge in [0.05, 0.1) is 10.0 Å². The summed E-state index contributed by atoms with van der Waals surface area (Å²) in [6.07, 6.45) is 0. The molecule has 1 heterocycles. The minimum absolute atomic E-state index is 0.233. The van der Waals surface area contributed by atoms with Gasteiger partial charge in [-0.3, -0.25) is 4.79 Å². The lowest BCUT2D eigenvalue weighted by Crippen LogP contribution is -2.10. The molecule has 0 aliphatic carbocycles. The molecule has 2 nitrogen and oxygen atoms in total. The molecule has 6 heteroatoms. The van der Waals surface area contributed by atoms with Crippen LogP contribution in [-0.2, 0) is 0 Å². The van der Waals surface area contributed by atoms with E-state index in [-0.39, 0.29) is 5.91 Å². The molecule has 0 fully saturated rings. The van der Waals surface area contributed by atoms with Crippen molar-refractivity contribution in [3.8, 4) is 0 Å². The molecule has 17 heavy (non-hydrogen) atoms. The van der Waals surface area contributed by atoms with Crippen molar-refractivity contribution < 1.29 is 4.79 Å². The first-order chi connectivity index (χ1) is 8.08. The molecule has 0 saturated carbocycles. The van der Waals surface area contributed by atoms with Gasteiger partial charge in [0.2, 0.25) is 0 Å². The summed E-state index contributed by atoms with van der Waals surface area (Å²) in [5, 5.41) is 5.50. The number of carbonyl (C=O) groups is 1. The molecule has 1 aromatic carbocycles. The van der Waals surface area contributed by atoms with Crippen molar-refractivity contribution in [1.82, 2.24) is 0 Å². The first kappa shape index (κ1) is 12.9. The number of thiophene rings is 1. The number of carbonyl (C=O) groups excluding carboxylic acids is 1. The van der Waals surface area contributed by atoms with E-state index in [0.29, 0.717) is 20.6 Å². The molecule has 0 atom stereocenters. The quantitative estimate of drug-likeness (QED) is 0.804. The van der Waals surface area contributed by atoms with Crippen molar-refractivity contribution in [2.24, 2.45) is 0 Å². The molecular formula is C11H6BrCl2NOS. The number of hydrogen-bond donors (Lipinski definition) is 1. The predicted molar refractivity (Wildman–Crippen MR) is 76.4 cm³/mol. The Labute approximate surface area is 121 Å². The maximum absolute atomic E-state index is 11.9. The Morgan fingerprint density at radius 1 is 1.24 bits per heavy atom. The summed E-state index contributed by atoms with van der Waals surface area (Å²) in [5.41, 5.74) is 0.632. The second-order valence-electron chi connectivity index (χ2n) is 3.18. The lowest BCUT2D eigenvalue weighted by molar-refractivity contribution is 0.103. The number of amides is 1. The highest BCUT2D eigenvalue weighted by molar-refractivity contribution is 9.10. The Hall–Kier alpha value is -0.550. The number of nitrogens with one attached hydrogen (secondary N) is 1. The third-order valence-corrected chi connectivity index (χ3v) is 4.57. The van der Waals surface area contributed by atoms with Crippen LogP contribution in [0.25, 0.3) is 0 Å². The molecule has 0 aliphatic rings. The normalized spacial score (nSPS) is 10.3. The average molecular weight is 351 g/mol. The molecule has 2 aromatic rings. The van der Waals surface area contributed by atoms with Gasteiger partial charge in [0.1, 0.15) is 4.88 Å². The van der Waals surface area contributed by atoms with Gasteiger partial charge in [0, 0.05) is 10.2 Å². The van der Waals surface area contributed by atoms with E-state index in [2.05, 4.69) is 21.2 Å². The van der Waals surface area contributed by atoms with E-state index < -0.39 is 0 Å². The molecule has 2 rings (SSSR count). The third-order valence-electron chi connectivity index (χ3n) is 2.00. The fourth-order valence-electron chi connectivity index (χ4n) is 1.22. The Balaban J connectivity index is 2.19. The molecule has 1 aromatic heterocycles. The number of anilines is 1. The fourth-order valence-corrected chi connectivity index (χ4v) is 2.68. The maximum atomic E-state index is 11.9. The van der Waals surface area contributed by atoms with Crippen LogP contribution >= 0.6 is 50.5 Å². The molecule has 0 bridgehead atoms. The summed E-state index contributed by atoms with van der Waals surface area (Å²) in [5.74, 6) is -0.233. The van der Waals surface area contributed by atoms with Crippen molar-refractivity contribution >= 4 is 62.1 Å². The molecule has 1 N–H and O–H groups in total. The lowest BCUT2D eigenvalue weighted by Gasteiger charge is -2.05. The number of halogens is 3. The largest absolute Gasteiger partial charge is 0.321 e. The van der Waals surface area contributed by atoms with Crippen LogP contribution in [0, 0.1) is 0 Å². The van der Waals surface area contributed by atoms with Gasteiger partial charge in [0.15, 0.2) is 0 Å². The first-order valence-electron chi connectivity index (χ1n) is 4.57. The minimum Gasteiger partial charge on any atom is -0.321 e. The van der Waals surface area contributed by atoms with Gasteiger partial charge in [-0.1, -0.05) is 23.2 Å². The van der Waals surface area contributed by atoms with Crippen LogP contribution < -0.4 is 5.32 Å². The zero-order chi connectivity index (χ0) is 12.4. The Kier molecular flexibility index (Phi) is 4.09. The van der Waals surface area contributed by atoms with Crippen LogP contribution in [0.3, 0.4) is 0 Å². The van der Waals surface area contributed by atoms with E-state index in [1.54, 1.807) is 29.6 Å². The van der Waals surface area contributed by atoms with Crippen LogP contribution in [0.15, 0.2) is 34.1 Å². The van der Waals surface area contributed by atoms with Gasteiger partial charge in [-0.25, -0.2) is 0 Å². The van der Waals surface area contributed by atoms with E-state index in [9.17, 15) is 4.79 Å².